The summed E-state index contributed by atoms with van der Waals surface area (Å²) in [5, 5.41) is 8.90. The quantitative estimate of drug-likeness (QED) is 0.121. The molecule has 12 heteroatoms. The van der Waals surface area contributed by atoms with Crippen LogP contribution < -0.4 is 20.7 Å². The Morgan fingerprint density at radius 2 is 1.77 bits per heavy atom. The zero-order valence-electron chi connectivity index (χ0n) is 21.5. The van der Waals surface area contributed by atoms with Crippen LogP contribution >= 0.6 is 0 Å². The summed E-state index contributed by atoms with van der Waals surface area (Å²) >= 11 is 0. The summed E-state index contributed by atoms with van der Waals surface area (Å²) in [4.78, 5) is 8.07. The van der Waals surface area contributed by atoms with Crippen LogP contribution in [0.1, 0.15) is 5.56 Å². The molecule has 4 aromatic rings. The minimum absolute atomic E-state index is 0.00759. The molecule has 0 atom stereocenters. The molecule has 0 bridgehead atoms. The number of hydrogen-bond donors (Lipinski definition) is 4. The van der Waals surface area contributed by atoms with Gasteiger partial charge in [-0.1, -0.05) is 30.3 Å². The van der Waals surface area contributed by atoms with Gasteiger partial charge in [-0.05, 0) is 66.7 Å². The number of ether oxygens (including phenoxy) is 2. The molecule has 0 fully saturated rings. The molecule has 1 heterocycles. The largest absolute Gasteiger partial charge is 0.491 e. The molecule has 0 radical (unpaired) electrons. The van der Waals surface area contributed by atoms with Crippen LogP contribution in [-0.2, 0) is 21.3 Å². The normalized spacial score (nSPS) is 11.4. The van der Waals surface area contributed by atoms with Crippen LogP contribution in [0.15, 0.2) is 96.2 Å². The lowest BCUT2D eigenvalue weighted by Crippen LogP contribution is -2.05. The Morgan fingerprint density at radius 1 is 0.975 bits per heavy atom. The molecule has 4 rings (SSSR count). The van der Waals surface area contributed by atoms with Crippen molar-refractivity contribution in [2.75, 3.05) is 36.3 Å². The minimum atomic E-state index is -4.35. The average molecular weight is 566 g/mol. The lowest BCUT2D eigenvalue weighted by molar-refractivity contribution is 0.146. The van der Waals surface area contributed by atoms with Crippen LogP contribution in [0.4, 0.5) is 33.2 Å². The van der Waals surface area contributed by atoms with Crippen molar-refractivity contribution in [3.8, 4) is 5.75 Å². The second-order valence-corrected chi connectivity index (χ2v) is 9.82. The average Bonchev–Trinajstić information content (AvgIpc) is 2.94. The number of halogens is 1. The molecule has 0 aliphatic rings. The molecule has 40 heavy (non-hydrogen) atoms. The van der Waals surface area contributed by atoms with Crippen molar-refractivity contribution in [3.63, 3.8) is 0 Å². The Labute approximate surface area is 231 Å². The molecular weight excluding hydrogens is 537 g/mol. The topological polar surface area (TPSA) is 135 Å². The highest BCUT2D eigenvalue weighted by Crippen LogP contribution is 2.23. The fourth-order valence-electron chi connectivity index (χ4n) is 3.59. The number of hydrogen-bond acceptors (Lipinski definition) is 9. The SMILES string of the molecule is COCCOc1ccc(Nc2ncc(F)c(Nc3cccc(CC=CNc4ccccc4S(=O)(=O)O)c3)n2)cc1. The number of para-hydroxylation sites is 1. The molecule has 3 aromatic carbocycles. The highest BCUT2D eigenvalue weighted by molar-refractivity contribution is 7.86. The highest BCUT2D eigenvalue weighted by Gasteiger charge is 2.13. The third-order valence-electron chi connectivity index (χ3n) is 5.48. The maximum Gasteiger partial charge on any atom is 0.296 e. The van der Waals surface area contributed by atoms with Crippen molar-refractivity contribution in [1.29, 1.82) is 0 Å². The summed E-state index contributed by atoms with van der Waals surface area (Å²) in [6, 6.07) is 20.6. The van der Waals surface area contributed by atoms with Gasteiger partial charge in [-0.2, -0.15) is 13.4 Å². The third kappa shape index (κ3) is 8.24. The summed E-state index contributed by atoms with van der Waals surface area (Å²) < 4.78 is 57.4. The first kappa shape index (κ1) is 28.5. The van der Waals surface area contributed by atoms with Crippen LogP contribution in [0.5, 0.6) is 5.75 Å². The lowest BCUT2D eigenvalue weighted by Gasteiger charge is -2.11. The van der Waals surface area contributed by atoms with E-state index in [0.29, 0.717) is 36.8 Å². The summed E-state index contributed by atoms with van der Waals surface area (Å²) in [5.74, 6) is 0.304. The zero-order valence-corrected chi connectivity index (χ0v) is 22.4. The number of methoxy groups -OCH3 is 1. The van der Waals surface area contributed by atoms with E-state index in [0.717, 1.165) is 11.8 Å². The van der Waals surface area contributed by atoms with Crippen molar-refractivity contribution in [1.82, 2.24) is 9.97 Å². The molecule has 1 aromatic heterocycles. The Kier molecular flexibility index (Phi) is 9.62. The summed E-state index contributed by atoms with van der Waals surface area (Å²) in [6.45, 7) is 0.935. The summed E-state index contributed by atoms with van der Waals surface area (Å²) in [7, 11) is -2.74. The Morgan fingerprint density at radius 3 is 2.55 bits per heavy atom. The van der Waals surface area contributed by atoms with E-state index in [1.165, 1.54) is 12.1 Å². The van der Waals surface area contributed by atoms with Gasteiger partial charge >= 0.3 is 0 Å². The van der Waals surface area contributed by atoms with E-state index in [4.69, 9.17) is 9.47 Å². The van der Waals surface area contributed by atoms with Gasteiger partial charge in [-0.25, -0.2) is 9.37 Å². The number of rotatable bonds is 13. The second kappa shape index (κ2) is 13.5. The van der Waals surface area contributed by atoms with Gasteiger partial charge in [0.25, 0.3) is 10.1 Å². The Bertz CT molecular complexity index is 1570. The summed E-state index contributed by atoms with van der Waals surface area (Å²) in [6.07, 6.45) is 4.97. The van der Waals surface area contributed by atoms with E-state index in [1.54, 1.807) is 61.9 Å². The van der Waals surface area contributed by atoms with Crippen molar-refractivity contribution in [3.05, 3.63) is 103 Å². The molecule has 0 amide bonds. The third-order valence-corrected chi connectivity index (χ3v) is 6.39. The van der Waals surface area contributed by atoms with Gasteiger partial charge in [-0.15, -0.1) is 0 Å². The van der Waals surface area contributed by atoms with Crippen molar-refractivity contribution >= 4 is 38.9 Å². The fourth-order valence-corrected chi connectivity index (χ4v) is 4.24. The van der Waals surface area contributed by atoms with E-state index in [1.807, 2.05) is 18.2 Å². The molecule has 0 spiro atoms. The first-order chi connectivity index (χ1) is 19.3. The van der Waals surface area contributed by atoms with Crippen LogP contribution in [0.2, 0.25) is 0 Å². The van der Waals surface area contributed by atoms with Crippen LogP contribution in [0.3, 0.4) is 0 Å². The predicted molar refractivity (Wildman–Crippen MR) is 152 cm³/mol. The van der Waals surface area contributed by atoms with E-state index in [-0.39, 0.29) is 22.3 Å². The lowest BCUT2D eigenvalue weighted by atomic mass is 10.1. The number of nitrogens with zero attached hydrogens (tertiary/aromatic N) is 2. The van der Waals surface area contributed by atoms with Crippen molar-refractivity contribution in [2.24, 2.45) is 0 Å². The van der Waals surface area contributed by atoms with Gasteiger partial charge in [-0.3, -0.25) is 4.55 Å². The van der Waals surface area contributed by atoms with Gasteiger partial charge in [0.1, 0.15) is 17.3 Å². The first-order valence-corrected chi connectivity index (χ1v) is 13.6. The van der Waals surface area contributed by atoms with E-state index < -0.39 is 15.9 Å². The predicted octanol–water partition coefficient (Wildman–Crippen LogP) is 5.54. The van der Waals surface area contributed by atoms with Crippen LogP contribution in [0, 0.1) is 5.82 Å². The number of benzene rings is 3. The zero-order chi connectivity index (χ0) is 28.4. The molecule has 0 saturated heterocycles. The van der Waals surface area contributed by atoms with Crippen LogP contribution in [0.25, 0.3) is 0 Å². The molecule has 0 aliphatic carbocycles. The van der Waals surface area contributed by atoms with Crippen molar-refractivity contribution < 1.29 is 26.8 Å². The number of nitrogens with one attached hydrogen (secondary N) is 3. The van der Waals surface area contributed by atoms with Gasteiger partial charge in [0.2, 0.25) is 5.95 Å². The second-order valence-electron chi connectivity index (χ2n) is 8.43. The van der Waals surface area contributed by atoms with Gasteiger partial charge < -0.3 is 25.4 Å². The van der Waals surface area contributed by atoms with Gasteiger partial charge in [0.15, 0.2) is 11.6 Å². The number of aromatic nitrogens is 2. The molecule has 4 N–H and O–H groups in total. The standard InChI is InChI=1S/C28H28FN5O5S/c1-38-16-17-39-23-13-11-21(12-14-23)33-28-31-19-24(29)27(34-28)32-22-8-4-6-20(18-22)7-5-15-30-25-9-2-3-10-26(25)40(35,36)37/h2-6,8-15,18-19,30H,7,16-17H2,1H3,(H,35,36,37)(H2,31,32,33,34). The van der Waals surface area contributed by atoms with Gasteiger partial charge in [0, 0.05) is 18.5 Å². The Balaban J connectivity index is 1.37. The van der Waals surface area contributed by atoms with Crippen molar-refractivity contribution in [2.45, 2.75) is 11.3 Å². The Hall–Kier alpha value is -4.52. The summed E-state index contributed by atoms with van der Waals surface area (Å²) in [5.41, 5.74) is 2.49. The fraction of sp³-hybridized carbons (Fsp3) is 0.143. The first-order valence-electron chi connectivity index (χ1n) is 12.2. The maximum atomic E-state index is 14.5. The molecule has 0 unspecified atom stereocenters. The monoisotopic (exact) mass is 565 g/mol. The smallest absolute Gasteiger partial charge is 0.296 e. The van der Waals surface area contributed by atoms with Crippen LogP contribution in [-0.4, -0.2) is 43.3 Å². The molecule has 0 saturated carbocycles. The van der Waals surface area contributed by atoms with E-state index in [9.17, 15) is 17.4 Å². The highest BCUT2D eigenvalue weighted by atomic mass is 32.2. The maximum absolute atomic E-state index is 14.5. The molecule has 10 nitrogen and oxygen atoms in total. The molecular formula is C28H28FN5O5S. The minimum Gasteiger partial charge on any atom is -0.491 e. The molecule has 0 aliphatic heterocycles. The number of anilines is 5. The van der Waals surface area contributed by atoms with E-state index >= 15 is 0 Å². The molecule has 208 valence electrons. The van der Waals surface area contributed by atoms with E-state index in [2.05, 4.69) is 25.9 Å². The van der Waals surface area contributed by atoms with Gasteiger partial charge in [0.05, 0.1) is 18.5 Å². The number of allylic oxidation sites excluding steroid dienone is 1.